The fraction of sp³-hybridized carbons (Fsp3) is 0.455. The molecule has 0 unspecified atom stereocenters. The molecule has 0 amide bonds. The van der Waals surface area contributed by atoms with Crippen LogP contribution < -0.4 is 4.74 Å². The van der Waals surface area contributed by atoms with E-state index in [4.69, 9.17) is 16.3 Å². The van der Waals surface area contributed by atoms with Crippen molar-refractivity contribution in [3.05, 3.63) is 22.7 Å². The third kappa shape index (κ3) is 4.27. The Labute approximate surface area is 108 Å². The molecule has 0 bridgehead atoms. The minimum atomic E-state index is -4.25. The number of alkyl halides is 3. The van der Waals surface area contributed by atoms with E-state index in [1.165, 1.54) is 26.3 Å². The number of rotatable bonds is 4. The number of phenols is 1. The smallest absolute Gasteiger partial charge is 0.401 e. The number of methoxy groups -OCH3 is 1. The summed E-state index contributed by atoms with van der Waals surface area (Å²) in [4.78, 5) is 1.10. The van der Waals surface area contributed by atoms with E-state index in [2.05, 4.69) is 0 Å². The number of ether oxygens (including phenoxy) is 1. The van der Waals surface area contributed by atoms with Gasteiger partial charge in [-0.25, -0.2) is 0 Å². The molecule has 0 saturated carbocycles. The molecule has 18 heavy (non-hydrogen) atoms. The Balaban J connectivity index is 2.82. The van der Waals surface area contributed by atoms with Crippen molar-refractivity contribution in [3.63, 3.8) is 0 Å². The van der Waals surface area contributed by atoms with Gasteiger partial charge in [0.25, 0.3) is 0 Å². The van der Waals surface area contributed by atoms with Crippen molar-refractivity contribution < 1.29 is 23.0 Å². The maximum Gasteiger partial charge on any atom is 0.401 e. The van der Waals surface area contributed by atoms with Crippen LogP contribution >= 0.6 is 11.6 Å². The SMILES string of the molecule is COc1cc(CN(C)CC(F)(F)F)cc(Cl)c1O. The van der Waals surface area contributed by atoms with Gasteiger partial charge in [-0.1, -0.05) is 11.6 Å². The largest absolute Gasteiger partial charge is 0.503 e. The maximum absolute atomic E-state index is 12.2. The highest BCUT2D eigenvalue weighted by Crippen LogP contribution is 2.35. The van der Waals surface area contributed by atoms with E-state index in [0.29, 0.717) is 5.56 Å². The van der Waals surface area contributed by atoms with Gasteiger partial charge >= 0.3 is 6.18 Å². The lowest BCUT2D eigenvalue weighted by Crippen LogP contribution is -2.30. The van der Waals surface area contributed by atoms with E-state index in [-0.39, 0.29) is 23.1 Å². The molecule has 0 saturated heterocycles. The van der Waals surface area contributed by atoms with Crippen LogP contribution in [-0.4, -0.2) is 36.9 Å². The molecule has 0 aliphatic rings. The summed E-state index contributed by atoms with van der Waals surface area (Å²) in [5.74, 6) is -0.0840. The highest BCUT2D eigenvalue weighted by Gasteiger charge is 2.29. The second-order valence-electron chi connectivity index (χ2n) is 3.92. The van der Waals surface area contributed by atoms with Crippen LogP contribution in [0.2, 0.25) is 5.02 Å². The predicted molar refractivity (Wildman–Crippen MR) is 62.1 cm³/mol. The van der Waals surface area contributed by atoms with Crippen molar-refractivity contribution in [2.75, 3.05) is 20.7 Å². The minimum Gasteiger partial charge on any atom is -0.503 e. The van der Waals surface area contributed by atoms with Crippen LogP contribution in [0.15, 0.2) is 12.1 Å². The van der Waals surface area contributed by atoms with Gasteiger partial charge in [-0.15, -0.1) is 0 Å². The van der Waals surface area contributed by atoms with Gasteiger partial charge in [0.1, 0.15) is 0 Å². The number of benzene rings is 1. The number of phenolic OH excluding ortho intramolecular Hbond substituents is 1. The topological polar surface area (TPSA) is 32.7 Å². The molecule has 0 aliphatic heterocycles. The van der Waals surface area contributed by atoms with Gasteiger partial charge in [-0.05, 0) is 24.7 Å². The summed E-state index contributed by atoms with van der Waals surface area (Å²) in [5, 5.41) is 9.54. The van der Waals surface area contributed by atoms with Crippen molar-refractivity contribution >= 4 is 11.6 Å². The van der Waals surface area contributed by atoms with Gasteiger partial charge in [-0.2, -0.15) is 13.2 Å². The minimum absolute atomic E-state index is 0.0461. The summed E-state index contributed by atoms with van der Waals surface area (Å²) in [6.45, 7) is -0.969. The molecule has 0 aromatic heterocycles. The summed E-state index contributed by atoms with van der Waals surface area (Å²) in [7, 11) is 2.69. The van der Waals surface area contributed by atoms with Gasteiger partial charge in [0.15, 0.2) is 11.5 Å². The van der Waals surface area contributed by atoms with Crippen LogP contribution in [0.4, 0.5) is 13.2 Å². The van der Waals surface area contributed by atoms with Gasteiger partial charge in [0, 0.05) is 6.54 Å². The lowest BCUT2D eigenvalue weighted by Gasteiger charge is -2.19. The first-order chi connectivity index (χ1) is 8.23. The highest BCUT2D eigenvalue weighted by atomic mass is 35.5. The molecule has 102 valence electrons. The first-order valence-electron chi connectivity index (χ1n) is 5.03. The molecule has 1 rings (SSSR count). The molecule has 0 heterocycles. The zero-order chi connectivity index (χ0) is 13.9. The Morgan fingerprint density at radius 2 is 2.00 bits per heavy atom. The summed E-state index contributed by atoms with van der Waals surface area (Å²) >= 11 is 5.74. The number of aromatic hydroxyl groups is 1. The van der Waals surface area contributed by atoms with Crippen LogP contribution in [0.3, 0.4) is 0 Å². The first kappa shape index (κ1) is 14.9. The van der Waals surface area contributed by atoms with Gasteiger partial charge in [-0.3, -0.25) is 4.90 Å². The first-order valence-corrected chi connectivity index (χ1v) is 5.41. The van der Waals surface area contributed by atoms with Gasteiger partial charge in [0.2, 0.25) is 0 Å². The number of hydrogen-bond donors (Lipinski definition) is 1. The Morgan fingerprint density at radius 1 is 1.39 bits per heavy atom. The zero-order valence-electron chi connectivity index (χ0n) is 9.88. The van der Waals surface area contributed by atoms with Crippen LogP contribution in [0.5, 0.6) is 11.5 Å². The van der Waals surface area contributed by atoms with Crippen molar-refractivity contribution in [1.82, 2.24) is 4.90 Å². The fourth-order valence-corrected chi connectivity index (χ4v) is 1.78. The fourth-order valence-electron chi connectivity index (χ4n) is 1.55. The van der Waals surface area contributed by atoms with E-state index >= 15 is 0 Å². The molecule has 7 heteroatoms. The standard InChI is InChI=1S/C11H13ClF3NO2/c1-16(6-11(13,14)15)5-7-3-8(12)10(17)9(4-7)18-2/h3-4,17H,5-6H2,1-2H3. The molecular weight excluding hydrogens is 271 g/mol. The second-order valence-corrected chi connectivity index (χ2v) is 4.32. The molecule has 1 N–H and O–H groups in total. The van der Waals surface area contributed by atoms with E-state index in [1.54, 1.807) is 0 Å². The monoisotopic (exact) mass is 283 g/mol. The predicted octanol–water partition coefficient (Wildman–Crippen LogP) is 3.05. The Hall–Kier alpha value is -1.14. The Morgan fingerprint density at radius 3 is 2.50 bits per heavy atom. The van der Waals surface area contributed by atoms with Gasteiger partial charge in [0.05, 0.1) is 18.7 Å². The molecule has 0 radical (unpaired) electrons. The van der Waals surface area contributed by atoms with Crippen LogP contribution in [0, 0.1) is 0 Å². The Kier molecular flexibility index (Phi) is 4.70. The van der Waals surface area contributed by atoms with Gasteiger partial charge < -0.3 is 9.84 Å². The zero-order valence-corrected chi connectivity index (χ0v) is 10.6. The third-order valence-electron chi connectivity index (χ3n) is 2.21. The molecule has 0 fully saturated rings. The van der Waals surface area contributed by atoms with E-state index in [1.807, 2.05) is 0 Å². The normalized spacial score (nSPS) is 11.9. The third-order valence-corrected chi connectivity index (χ3v) is 2.50. The summed E-state index contributed by atoms with van der Waals surface area (Å²) < 4.78 is 41.4. The lowest BCUT2D eigenvalue weighted by molar-refractivity contribution is -0.144. The summed E-state index contributed by atoms with van der Waals surface area (Å²) in [5.41, 5.74) is 0.529. The van der Waals surface area contributed by atoms with Crippen molar-refractivity contribution in [2.45, 2.75) is 12.7 Å². The molecule has 1 aromatic carbocycles. The van der Waals surface area contributed by atoms with E-state index in [0.717, 1.165) is 4.90 Å². The average molecular weight is 284 g/mol. The Bertz CT molecular complexity index is 423. The molecule has 1 aromatic rings. The van der Waals surface area contributed by atoms with Crippen molar-refractivity contribution in [3.8, 4) is 11.5 Å². The molecule has 3 nitrogen and oxygen atoms in total. The summed E-state index contributed by atoms with van der Waals surface area (Å²) in [6, 6.07) is 2.86. The van der Waals surface area contributed by atoms with Crippen LogP contribution in [-0.2, 0) is 6.54 Å². The van der Waals surface area contributed by atoms with E-state index in [9.17, 15) is 18.3 Å². The molecule has 0 atom stereocenters. The number of nitrogens with zero attached hydrogens (tertiary/aromatic N) is 1. The number of halogens is 4. The van der Waals surface area contributed by atoms with Crippen molar-refractivity contribution in [2.24, 2.45) is 0 Å². The molecule has 0 aliphatic carbocycles. The quantitative estimate of drug-likeness (QED) is 0.922. The maximum atomic E-state index is 12.2. The van der Waals surface area contributed by atoms with Crippen LogP contribution in [0.1, 0.15) is 5.56 Å². The summed E-state index contributed by atoms with van der Waals surface area (Å²) in [6.07, 6.45) is -4.25. The number of hydrogen-bond acceptors (Lipinski definition) is 3. The second kappa shape index (κ2) is 5.67. The molecule has 0 spiro atoms. The highest BCUT2D eigenvalue weighted by molar-refractivity contribution is 6.32. The average Bonchev–Trinajstić information content (AvgIpc) is 2.20. The lowest BCUT2D eigenvalue weighted by atomic mass is 10.2. The van der Waals surface area contributed by atoms with Crippen molar-refractivity contribution in [1.29, 1.82) is 0 Å². The van der Waals surface area contributed by atoms with E-state index < -0.39 is 12.7 Å². The van der Waals surface area contributed by atoms with Crippen LogP contribution in [0.25, 0.3) is 0 Å². The molecular formula is C11H13ClF3NO2.